The summed E-state index contributed by atoms with van der Waals surface area (Å²) in [6.45, 7) is 0. The highest BCUT2D eigenvalue weighted by Crippen LogP contribution is 2.28. The van der Waals surface area contributed by atoms with Crippen LogP contribution in [0.15, 0.2) is 48.5 Å². The molecule has 0 radical (unpaired) electrons. The lowest BCUT2D eigenvalue weighted by atomic mass is 10.3. The molecule has 0 saturated heterocycles. The second-order valence-electron chi connectivity index (χ2n) is 4.64. The van der Waals surface area contributed by atoms with Crippen LogP contribution < -0.4 is 0 Å². The Morgan fingerprint density at radius 3 is 1.67 bits per heavy atom. The van der Waals surface area contributed by atoms with Crippen LogP contribution >= 0.6 is 34.4 Å². The molecule has 0 aliphatic carbocycles. The van der Waals surface area contributed by atoms with Crippen LogP contribution in [-0.2, 0) is 11.5 Å². The van der Waals surface area contributed by atoms with E-state index >= 15 is 0 Å². The second-order valence-corrected chi connectivity index (χ2v) is 7.86. The van der Waals surface area contributed by atoms with Crippen molar-refractivity contribution in [3.63, 3.8) is 0 Å². The van der Waals surface area contributed by atoms with Gasteiger partial charge in [-0.1, -0.05) is 24.3 Å². The highest BCUT2D eigenvalue weighted by molar-refractivity contribution is 7.98. The molecule has 2 heterocycles. The van der Waals surface area contributed by atoms with E-state index in [1.807, 2.05) is 23.9 Å². The molecule has 0 saturated carbocycles. The van der Waals surface area contributed by atoms with Crippen molar-refractivity contribution in [1.82, 2.24) is 9.97 Å². The summed E-state index contributed by atoms with van der Waals surface area (Å²) >= 11 is 5.46. The van der Waals surface area contributed by atoms with Crippen molar-refractivity contribution in [2.24, 2.45) is 0 Å². The van der Waals surface area contributed by atoms with Crippen molar-refractivity contribution in [2.45, 2.75) is 11.5 Å². The minimum atomic E-state index is 0.954. The maximum absolute atomic E-state index is 4.67. The van der Waals surface area contributed by atoms with Crippen LogP contribution in [-0.4, -0.2) is 9.97 Å². The van der Waals surface area contributed by atoms with Gasteiger partial charge in [0.05, 0.1) is 20.4 Å². The van der Waals surface area contributed by atoms with Crippen molar-refractivity contribution in [1.29, 1.82) is 0 Å². The van der Waals surface area contributed by atoms with E-state index in [9.17, 15) is 0 Å². The second kappa shape index (κ2) is 5.75. The fourth-order valence-electron chi connectivity index (χ4n) is 2.19. The third kappa shape index (κ3) is 2.81. The van der Waals surface area contributed by atoms with Gasteiger partial charge in [0, 0.05) is 11.5 Å². The number of thioether (sulfide) groups is 1. The normalized spacial score (nSPS) is 11.4. The van der Waals surface area contributed by atoms with Crippen molar-refractivity contribution >= 4 is 54.9 Å². The predicted molar refractivity (Wildman–Crippen MR) is 94.2 cm³/mol. The number of aromatic nitrogens is 2. The molecule has 4 rings (SSSR count). The van der Waals surface area contributed by atoms with Crippen molar-refractivity contribution in [3.05, 3.63) is 58.5 Å². The first-order valence-corrected chi connectivity index (χ1v) is 9.44. The van der Waals surface area contributed by atoms with E-state index in [0.717, 1.165) is 22.5 Å². The summed E-state index contributed by atoms with van der Waals surface area (Å²) in [7, 11) is 0. The topological polar surface area (TPSA) is 25.8 Å². The molecule has 0 amide bonds. The Morgan fingerprint density at radius 2 is 1.19 bits per heavy atom. The molecule has 0 aliphatic rings. The van der Waals surface area contributed by atoms with Crippen LogP contribution in [0.4, 0.5) is 0 Å². The maximum Gasteiger partial charge on any atom is 0.104 e. The molecule has 2 nitrogen and oxygen atoms in total. The zero-order valence-electron chi connectivity index (χ0n) is 11.2. The van der Waals surface area contributed by atoms with E-state index < -0.39 is 0 Å². The lowest BCUT2D eigenvalue weighted by Gasteiger charge is -1.94. The van der Waals surface area contributed by atoms with Crippen LogP contribution in [0.1, 0.15) is 10.0 Å². The summed E-state index contributed by atoms with van der Waals surface area (Å²) in [6, 6.07) is 16.6. The highest BCUT2D eigenvalue weighted by Gasteiger charge is 2.06. The molecular formula is C16H12N2S3. The van der Waals surface area contributed by atoms with E-state index in [-0.39, 0.29) is 0 Å². The van der Waals surface area contributed by atoms with Gasteiger partial charge in [0.1, 0.15) is 10.0 Å². The molecule has 0 atom stereocenters. The lowest BCUT2D eigenvalue weighted by molar-refractivity contribution is 1.28. The molecule has 2 aromatic carbocycles. The Balaban J connectivity index is 1.44. The Bertz CT molecular complexity index is 754. The fourth-order valence-corrected chi connectivity index (χ4v) is 5.27. The van der Waals surface area contributed by atoms with Crippen molar-refractivity contribution in [2.75, 3.05) is 0 Å². The summed E-state index contributed by atoms with van der Waals surface area (Å²) in [5.41, 5.74) is 2.22. The third-order valence-electron chi connectivity index (χ3n) is 3.13. The summed E-state index contributed by atoms with van der Waals surface area (Å²) in [6.07, 6.45) is 0. The molecule has 0 spiro atoms. The molecule has 0 fully saturated rings. The van der Waals surface area contributed by atoms with Crippen LogP contribution in [0, 0.1) is 0 Å². The van der Waals surface area contributed by atoms with Crippen LogP contribution in [0.25, 0.3) is 20.4 Å². The number of thiazole rings is 2. The number of hydrogen-bond donors (Lipinski definition) is 0. The van der Waals surface area contributed by atoms with E-state index in [4.69, 9.17) is 0 Å². The fraction of sp³-hybridized carbons (Fsp3) is 0.125. The number of rotatable bonds is 4. The van der Waals surface area contributed by atoms with Gasteiger partial charge in [-0.05, 0) is 24.3 Å². The Labute approximate surface area is 134 Å². The van der Waals surface area contributed by atoms with Gasteiger partial charge in [-0.2, -0.15) is 0 Å². The zero-order chi connectivity index (χ0) is 14.1. The van der Waals surface area contributed by atoms with E-state index in [0.29, 0.717) is 0 Å². The molecular weight excluding hydrogens is 316 g/mol. The monoisotopic (exact) mass is 328 g/mol. The van der Waals surface area contributed by atoms with Crippen LogP contribution in [0.2, 0.25) is 0 Å². The molecule has 0 aliphatic heterocycles. The lowest BCUT2D eigenvalue weighted by Crippen LogP contribution is -1.81. The molecule has 104 valence electrons. The largest absolute Gasteiger partial charge is 0.240 e. The molecule has 0 bridgehead atoms. The number of nitrogens with zero attached hydrogens (tertiary/aromatic N) is 2. The Hall–Kier alpha value is -1.43. The quantitative estimate of drug-likeness (QED) is 0.506. The van der Waals surface area contributed by atoms with Gasteiger partial charge in [0.25, 0.3) is 0 Å². The van der Waals surface area contributed by atoms with Crippen molar-refractivity contribution < 1.29 is 0 Å². The predicted octanol–water partition coefficient (Wildman–Crippen LogP) is 5.34. The first kappa shape index (κ1) is 13.2. The van der Waals surface area contributed by atoms with Gasteiger partial charge in [-0.3, -0.25) is 0 Å². The van der Waals surface area contributed by atoms with E-state index in [1.54, 1.807) is 22.7 Å². The van der Waals surface area contributed by atoms with Crippen molar-refractivity contribution in [3.8, 4) is 0 Å². The SMILES string of the molecule is c1ccc2sc(CSCc3nc4ccccc4s3)nc2c1. The minimum absolute atomic E-state index is 0.954. The number of fused-ring (bicyclic) bond motifs is 2. The molecule has 21 heavy (non-hydrogen) atoms. The standard InChI is InChI=1S/C16H12N2S3/c1-3-7-13-11(5-1)17-15(20-13)9-19-10-16-18-12-6-2-4-8-14(12)21-16/h1-8H,9-10H2. The smallest absolute Gasteiger partial charge is 0.104 e. The number of benzene rings is 2. The van der Waals surface area contributed by atoms with Gasteiger partial charge in [-0.25, -0.2) is 9.97 Å². The summed E-state index contributed by atoms with van der Waals surface area (Å²) in [4.78, 5) is 9.33. The molecule has 5 heteroatoms. The Kier molecular flexibility index (Phi) is 3.63. The van der Waals surface area contributed by atoms with Gasteiger partial charge in [0.2, 0.25) is 0 Å². The van der Waals surface area contributed by atoms with E-state index in [2.05, 4.69) is 46.4 Å². The number of hydrogen-bond acceptors (Lipinski definition) is 5. The van der Waals surface area contributed by atoms with Gasteiger partial charge >= 0.3 is 0 Å². The Morgan fingerprint density at radius 1 is 0.714 bits per heavy atom. The van der Waals surface area contributed by atoms with Gasteiger partial charge in [-0.15, -0.1) is 34.4 Å². The maximum atomic E-state index is 4.67. The van der Waals surface area contributed by atoms with Crippen LogP contribution in [0.5, 0.6) is 0 Å². The zero-order valence-corrected chi connectivity index (χ0v) is 13.6. The molecule has 4 aromatic rings. The summed E-state index contributed by atoms with van der Waals surface area (Å²) in [5, 5.41) is 2.39. The first-order chi connectivity index (χ1) is 10.4. The minimum Gasteiger partial charge on any atom is -0.240 e. The van der Waals surface area contributed by atoms with Crippen LogP contribution in [0.3, 0.4) is 0 Å². The number of para-hydroxylation sites is 2. The highest BCUT2D eigenvalue weighted by atomic mass is 32.2. The molecule has 0 N–H and O–H groups in total. The summed E-state index contributed by atoms with van der Waals surface area (Å²) < 4.78 is 2.54. The third-order valence-corrected chi connectivity index (χ3v) is 6.52. The van der Waals surface area contributed by atoms with E-state index in [1.165, 1.54) is 19.4 Å². The first-order valence-electron chi connectivity index (χ1n) is 6.65. The molecule has 0 unspecified atom stereocenters. The summed E-state index contributed by atoms with van der Waals surface area (Å²) in [5.74, 6) is 1.91. The van der Waals surface area contributed by atoms with Gasteiger partial charge in [0.15, 0.2) is 0 Å². The molecule has 2 aromatic heterocycles. The van der Waals surface area contributed by atoms with Gasteiger partial charge < -0.3 is 0 Å². The average Bonchev–Trinajstić information content (AvgIpc) is 3.09. The average molecular weight is 328 g/mol.